The molecular formula is C20H33LiSi2. The Morgan fingerprint density at radius 2 is 1.65 bits per heavy atom. The summed E-state index contributed by atoms with van der Waals surface area (Å²) in [6.45, 7) is 22.0. The van der Waals surface area contributed by atoms with Crippen molar-refractivity contribution in [2.75, 3.05) is 0 Å². The topological polar surface area (TPSA) is 0 Å². The third kappa shape index (κ3) is 3.66. The van der Waals surface area contributed by atoms with Gasteiger partial charge in [-0.25, -0.2) is 0 Å². The molecule has 2 aliphatic rings. The van der Waals surface area contributed by atoms with Gasteiger partial charge in [0, 0.05) is 0 Å². The van der Waals surface area contributed by atoms with Crippen LogP contribution in [0.3, 0.4) is 0 Å². The molecule has 1 atom stereocenters. The predicted molar refractivity (Wildman–Crippen MR) is 112 cm³/mol. The molecule has 0 heterocycles. The van der Waals surface area contributed by atoms with Gasteiger partial charge in [-0.05, 0) is 0 Å². The van der Waals surface area contributed by atoms with Crippen LogP contribution in [0.2, 0.25) is 38.8 Å². The fourth-order valence-corrected chi connectivity index (χ4v) is 7.41. The van der Waals surface area contributed by atoms with Crippen LogP contribution >= 0.6 is 0 Å². The number of rotatable bonds is 4. The molecule has 0 N–H and O–H groups in total. The Labute approximate surface area is 156 Å². The monoisotopic (exact) mass is 336 g/mol. The SMILES string of the molecule is [Li][C]1=C(C[Si](C)(C)C)C(C2=C(C)C(C)=C(C)C2C)=C([SiH](C)C)C1. The van der Waals surface area contributed by atoms with Crippen LogP contribution in [-0.2, 0) is 0 Å². The normalized spacial score (nSPS) is 23.4. The van der Waals surface area contributed by atoms with E-state index in [4.69, 9.17) is 0 Å². The summed E-state index contributed by atoms with van der Waals surface area (Å²) in [4.78, 5) is 0. The van der Waals surface area contributed by atoms with E-state index in [0.717, 1.165) is 0 Å². The molecule has 0 aliphatic heterocycles. The number of hydrogen-bond acceptors (Lipinski definition) is 0. The second-order valence-corrected chi connectivity index (χ2v) is 17.8. The van der Waals surface area contributed by atoms with Crippen molar-refractivity contribution >= 4 is 34.6 Å². The van der Waals surface area contributed by atoms with Crippen LogP contribution in [0.1, 0.15) is 34.1 Å². The molecule has 0 radical (unpaired) electrons. The maximum atomic E-state index is 2.52. The molecule has 3 heteroatoms. The average Bonchev–Trinajstić information content (AvgIpc) is 2.81. The van der Waals surface area contributed by atoms with Crippen molar-refractivity contribution in [1.29, 1.82) is 0 Å². The van der Waals surface area contributed by atoms with Gasteiger partial charge in [-0.1, -0.05) is 0 Å². The zero-order valence-electron chi connectivity index (χ0n) is 17.1. The summed E-state index contributed by atoms with van der Waals surface area (Å²) in [5.41, 5.74) is 9.85. The minimum absolute atomic E-state index is 0.607. The fraction of sp³-hybridized carbons (Fsp3) is 0.600. The van der Waals surface area contributed by atoms with Crippen LogP contribution in [0.5, 0.6) is 0 Å². The summed E-state index contributed by atoms with van der Waals surface area (Å²) in [5.74, 6) is 0.607. The zero-order valence-corrected chi connectivity index (χ0v) is 19.2. The summed E-state index contributed by atoms with van der Waals surface area (Å²) < 4.78 is 1.67. The first-order chi connectivity index (χ1) is 10.5. The van der Waals surface area contributed by atoms with Crippen molar-refractivity contribution in [3.63, 3.8) is 0 Å². The van der Waals surface area contributed by atoms with Crippen LogP contribution in [-0.4, -0.2) is 34.6 Å². The molecule has 23 heavy (non-hydrogen) atoms. The van der Waals surface area contributed by atoms with Crippen molar-refractivity contribution in [2.45, 2.75) is 72.9 Å². The third-order valence-corrected chi connectivity index (χ3v) is 9.21. The van der Waals surface area contributed by atoms with E-state index in [9.17, 15) is 0 Å². The summed E-state index contributed by atoms with van der Waals surface area (Å²) in [6.07, 6.45) is 1.26. The Morgan fingerprint density at radius 1 is 1.09 bits per heavy atom. The molecule has 1 unspecified atom stereocenters. The molecule has 0 aromatic carbocycles. The molecule has 0 aromatic heterocycles. The fourth-order valence-electron chi connectivity index (χ4n) is 4.25. The standard InChI is InChI=1S/C20H33Si2.Li/c1-13-14(2)16(4)19(15(13)3)20-17(12-22(7,8)9)10-11-18(20)21(5)6;/h15,21H,11-12H2,1-9H3;. The molecule has 0 fully saturated rings. The Kier molecular flexibility index (Phi) is 5.64. The van der Waals surface area contributed by atoms with Crippen molar-refractivity contribution in [3.05, 3.63) is 42.9 Å². The molecule has 0 amide bonds. The Balaban J connectivity index is 2.62. The molecule has 2 rings (SSSR count). The van der Waals surface area contributed by atoms with Gasteiger partial charge in [0.05, 0.1) is 0 Å². The van der Waals surface area contributed by atoms with Crippen LogP contribution in [0.25, 0.3) is 0 Å². The summed E-state index contributed by atoms with van der Waals surface area (Å²) in [6, 6.07) is 1.35. The molecule has 0 bridgehead atoms. The molecule has 0 saturated heterocycles. The maximum absolute atomic E-state index is 2.52. The molecule has 2 aliphatic carbocycles. The molecular weight excluding hydrogens is 303 g/mol. The van der Waals surface area contributed by atoms with Gasteiger partial charge < -0.3 is 0 Å². The van der Waals surface area contributed by atoms with E-state index in [2.05, 4.69) is 78.1 Å². The van der Waals surface area contributed by atoms with Crippen LogP contribution < -0.4 is 0 Å². The second kappa shape index (κ2) is 6.71. The molecule has 0 nitrogen and oxygen atoms in total. The summed E-state index contributed by atoms with van der Waals surface area (Å²) in [7, 11) is -1.89. The van der Waals surface area contributed by atoms with E-state index in [1.54, 1.807) is 37.7 Å². The quantitative estimate of drug-likeness (QED) is 0.571. The Bertz CT molecular complexity index is 652. The van der Waals surface area contributed by atoms with Crippen molar-refractivity contribution in [3.8, 4) is 0 Å². The van der Waals surface area contributed by atoms with E-state index in [0.29, 0.717) is 5.92 Å². The van der Waals surface area contributed by atoms with E-state index in [-0.39, 0.29) is 0 Å². The summed E-state index contributed by atoms with van der Waals surface area (Å²) >= 11 is 2.40. The van der Waals surface area contributed by atoms with Crippen LogP contribution in [0, 0.1) is 5.92 Å². The Morgan fingerprint density at radius 3 is 2.04 bits per heavy atom. The first kappa shape index (κ1) is 19.3. The van der Waals surface area contributed by atoms with E-state index >= 15 is 0 Å². The van der Waals surface area contributed by atoms with Gasteiger partial charge in [0.25, 0.3) is 0 Å². The van der Waals surface area contributed by atoms with Crippen molar-refractivity contribution in [2.24, 2.45) is 5.92 Å². The Hall–Kier alpha value is -0.00883. The van der Waals surface area contributed by atoms with Gasteiger partial charge in [0.2, 0.25) is 0 Å². The number of allylic oxidation sites excluding steroid dienone is 8. The average molecular weight is 337 g/mol. The summed E-state index contributed by atoms with van der Waals surface area (Å²) in [5, 5.41) is 1.83. The van der Waals surface area contributed by atoms with Crippen molar-refractivity contribution < 1.29 is 0 Å². The van der Waals surface area contributed by atoms with Gasteiger partial charge in [0.15, 0.2) is 0 Å². The second-order valence-electron chi connectivity index (χ2n) is 9.30. The predicted octanol–water partition coefficient (Wildman–Crippen LogP) is 5.78. The van der Waals surface area contributed by atoms with E-state index in [1.165, 1.54) is 12.5 Å². The zero-order chi connectivity index (χ0) is 17.7. The van der Waals surface area contributed by atoms with Crippen molar-refractivity contribution in [1.82, 2.24) is 0 Å². The molecule has 0 saturated carbocycles. The first-order valence-corrected chi connectivity index (χ1v) is 15.9. The number of hydrogen-bond donors (Lipinski definition) is 0. The first-order valence-electron chi connectivity index (χ1n) is 9.26. The van der Waals surface area contributed by atoms with Gasteiger partial charge in [-0.3, -0.25) is 0 Å². The van der Waals surface area contributed by atoms with Gasteiger partial charge in [-0.2, -0.15) is 0 Å². The van der Waals surface area contributed by atoms with Gasteiger partial charge in [-0.15, -0.1) is 0 Å². The van der Waals surface area contributed by atoms with E-state index < -0.39 is 16.9 Å². The van der Waals surface area contributed by atoms with Gasteiger partial charge >= 0.3 is 156 Å². The van der Waals surface area contributed by atoms with Crippen LogP contribution in [0.4, 0.5) is 0 Å². The van der Waals surface area contributed by atoms with Gasteiger partial charge in [0.1, 0.15) is 0 Å². The van der Waals surface area contributed by atoms with E-state index in [1.807, 2.05) is 5.20 Å². The van der Waals surface area contributed by atoms with Crippen LogP contribution in [0.15, 0.2) is 42.9 Å². The molecule has 0 aromatic rings. The minimum atomic E-state index is -1.11. The molecule has 0 spiro atoms. The molecule has 122 valence electrons. The third-order valence-electron chi connectivity index (χ3n) is 5.91.